The first kappa shape index (κ1) is 10.9. The fraction of sp³-hybridized carbons (Fsp3) is 0.200. The summed E-state index contributed by atoms with van der Waals surface area (Å²) in [4.78, 5) is 3.82. The van der Waals surface area contributed by atoms with E-state index in [9.17, 15) is 0 Å². The van der Waals surface area contributed by atoms with Gasteiger partial charge in [0.25, 0.3) is 0 Å². The number of nitrogens with two attached hydrogens (primary N) is 1. The van der Waals surface area contributed by atoms with E-state index in [2.05, 4.69) is 26.0 Å². The van der Waals surface area contributed by atoms with Crippen molar-refractivity contribution in [3.05, 3.63) is 35.1 Å². The van der Waals surface area contributed by atoms with E-state index < -0.39 is 0 Å². The molecular formula is C10H11BrN4O. The molecule has 0 aliphatic carbocycles. The summed E-state index contributed by atoms with van der Waals surface area (Å²) in [5, 5.41) is 3.95. The van der Waals surface area contributed by atoms with E-state index in [4.69, 9.17) is 10.5 Å². The Labute approximate surface area is 101 Å². The molecule has 2 N–H and O–H groups in total. The number of rotatable bonds is 4. The average Bonchev–Trinajstić information content (AvgIpc) is 2.64. The Morgan fingerprint density at radius 2 is 2.31 bits per heavy atom. The van der Waals surface area contributed by atoms with Gasteiger partial charge < -0.3 is 10.5 Å². The largest absolute Gasteiger partial charge is 0.492 e. The molecule has 0 aliphatic rings. The molecule has 0 radical (unpaired) electrons. The maximum absolute atomic E-state index is 5.54. The van der Waals surface area contributed by atoms with Gasteiger partial charge in [-0.2, -0.15) is 0 Å². The van der Waals surface area contributed by atoms with Crippen molar-refractivity contribution >= 4 is 21.9 Å². The number of nitrogen functional groups attached to an aromatic ring is 1. The normalized spacial score (nSPS) is 10.3. The summed E-state index contributed by atoms with van der Waals surface area (Å²) in [6, 6.07) is 7.69. The molecule has 0 unspecified atom stereocenters. The highest BCUT2D eigenvalue weighted by Crippen LogP contribution is 2.17. The number of anilines is 1. The second-order valence-corrected chi connectivity index (χ2v) is 4.09. The summed E-state index contributed by atoms with van der Waals surface area (Å²) in [5.74, 6) is 1.10. The smallest absolute Gasteiger partial charge is 0.239 e. The quantitative estimate of drug-likeness (QED) is 0.927. The molecule has 0 spiro atoms. The Kier molecular flexibility index (Phi) is 3.40. The summed E-state index contributed by atoms with van der Waals surface area (Å²) >= 11 is 3.38. The summed E-state index contributed by atoms with van der Waals surface area (Å²) in [5.41, 5.74) is 5.39. The molecule has 1 aromatic carbocycles. The second-order valence-electron chi connectivity index (χ2n) is 3.17. The molecule has 1 aromatic heterocycles. The molecule has 6 heteroatoms. The number of nitrogens with zero attached hydrogens (tertiary/aromatic N) is 3. The molecule has 84 valence electrons. The molecule has 0 fully saturated rings. The molecular weight excluding hydrogens is 272 g/mol. The van der Waals surface area contributed by atoms with E-state index in [1.54, 1.807) is 11.0 Å². The maximum Gasteiger partial charge on any atom is 0.239 e. The average molecular weight is 283 g/mol. The minimum Gasteiger partial charge on any atom is -0.492 e. The number of aromatic nitrogens is 3. The van der Waals surface area contributed by atoms with Crippen LogP contribution in [0.5, 0.6) is 5.75 Å². The van der Waals surface area contributed by atoms with Crippen LogP contribution in [0.2, 0.25) is 0 Å². The number of ether oxygens (including phenoxy) is 1. The third-order valence-electron chi connectivity index (χ3n) is 1.94. The molecule has 0 bridgehead atoms. The highest BCUT2D eigenvalue weighted by atomic mass is 79.9. The molecule has 0 aliphatic heterocycles. The zero-order valence-corrected chi connectivity index (χ0v) is 10.1. The highest BCUT2D eigenvalue weighted by molar-refractivity contribution is 9.10. The van der Waals surface area contributed by atoms with Gasteiger partial charge in [0, 0.05) is 4.47 Å². The molecule has 0 saturated carbocycles. The van der Waals surface area contributed by atoms with Crippen LogP contribution in [-0.4, -0.2) is 21.4 Å². The van der Waals surface area contributed by atoms with Gasteiger partial charge >= 0.3 is 0 Å². The van der Waals surface area contributed by atoms with Crippen LogP contribution < -0.4 is 10.5 Å². The Morgan fingerprint density at radius 3 is 3.00 bits per heavy atom. The van der Waals surface area contributed by atoms with Gasteiger partial charge in [-0.1, -0.05) is 22.0 Å². The van der Waals surface area contributed by atoms with E-state index in [0.29, 0.717) is 13.2 Å². The lowest BCUT2D eigenvalue weighted by Crippen LogP contribution is -2.08. The van der Waals surface area contributed by atoms with Crippen LogP contribution in [-0.2, 0) is 6.54 Å². The first-order chi connectivity index (χ1) is 7.74. The van der Waals surface area contributed by atoms with E-state index >= 15 is 0 Å². The Balaban J connectivity index is 1.84. The van der Waals surface area contributed by atoms with Crippen LogP contribution in [0.1, 0.15) is 0 Å². The van der Waals surface area contributed by atoms with Gasteiger partial charge in [0.15, 0.2) is 0 Å². The number of halogens is 1. The van der Waals surface area contributed by atoms with Crippen molar-refractivity contribution in [2.45, 2.75) is 6.54 Å². The highest BCUT2D eigenvalue weighted by Gasteiger charge is 1.97. The van der Waals surface area contributed by atoms with Gasteiger partial charge in [0.1, 0.15) is 18.7 Å². The lowest BCUT2D eigenvalue weighted by molar-refractivity contribution is 0.291. The van der Waals surface area contributed by atoms with Crippen molar-refractivity contribution in [1.82, 2.24) is 14.8 Å². The van der Waals surface area contributed by atoms with E-state index in [1.165, 1.54) is 0 Å². The monoisotopic (exact) mass is 282 g/mol. The SMILES string of the molecule is Nc1ncn(CCOc2cccc(Br)c2)n1. The van der Waals surface area contributed by atoms with Crippen LogP contribution in [0.25, 0.3) is 0 Å². The predicted octanol–water partition coefficient (Wildman–Crippen LogP) is 1.70. The van der Waals surface area contributed by atoms with E-state index in [0.717, 1.165) is 10.2 Å². The van der Waals surface area contributed by atoms with Crippen LogP contribution in [0, 0.1) is 0 Å². The Bertz CT molecular complexity index is 471. The lowest BCUT2D eigenvalue weighted by Gasteiger charge is -2.05. The topological polar surface area (TPSA) is 66.0 Å². The summed E-state index contributed by atoms with van der Waals surface area (Å²) in [6.07, 6.45) is 1.58. The zero-order chi connectivity index (χ0) is 11.4. The van der Waals surface area contributed by atoms with Crippen molar-refractivity contribution < 1.29 is 4.74 Å². The van der Waals surface area contributed by atoms with Crippen LogP contribution >= 0.6 is 15.9 Å². The zero-order valence-electron chi connectivity index (χ0n) is 8.51. The third-order valence-corrected chi connectivity index (χ3v) is 2.43. The number of benzene rings is 1. The minimum absolute atomic E-state index is 0.280. The minimum atomic E-state index is 0.280. The predicted molar refractivity (Wildman–Crippen MR) is 64.1 cm³/mol. The first-order valence-electron chi connectivity index (χ1n) is 4.77. The van der Waals surface area contributed by atoms with Gasteiger partial charge in [-0.3, -0.25) is 0 Å². The van der Waals surface area contributed by atoms with Gasteiger partial charge in [0.05, 0.1) is 6.54 Å². The molecule has 0 atom stereocenters. The molecule has 2 aromatic rings. The second kappa shape index (κ2) is 4.98. The summed E-state index contributed by atoms with van der Waals surface area (Å²) < 4.78 is 8.18. The van der Waals surface area contributed by atoms with Gasteiger partial charge in [-0.15, -0.1) is 5.10 Å². The molecule has 0 saturated heterocycles. The molecule has 2 rings (SSSR count). The molecule has 1 heterocycles. The number of hydrogen-bond acceptors (Lipinski definition) is 4. The third kappa shape index (κ3) is 2.96. The lowest BCUT2D eigenvalue weighted by atomic mass is 10.3. The van der Waals surface area contributed by atoms with Gasteiger partial charge in [0.2, 0.25) is 5.95 Å². The van der Waals surface area contributed by atoms with Crippen molar-refractivity contribution in [2.75, 3.05) is 12.3 Å². The van der Waals surface area contributed by atoms with Crippen molar-refractivity contribution in [2.24, 2.45) is 0 Å². The van der Waals surface area contributed by atoms with Crippen molar-refractivity contribution in [3.8, 4) is 5.75 Å². The summed E-state index contributed by atoms with van der Waals surface area (Å²) in [6.45, 7) is 1.15. The van der Waals surface area contributed by atoms with E-state index in [-0.39, 0.29) is 5.95 Å². The van der Waals surface area contributed by atoms with Crippen LogP contribution in [0.3, 0.4) is 0 Å². The van der Waals surface area contributed by atoms with Gasteiger partial charge in [-0.05, 0) is 18.2 Å². The summed E-state index contributed by atoms with van der Waals surface area (Å²) in [7, 11) is 0. The van der Waals surface area contributed by atoms with Crippen molar-refractivity contribution in [1.29, 1.82) is 0 Å². The number of hydrogen-bond donors (Lipinski definition) is 1. The maximum atomic E-state index is 5.54. The molecule has 16 heavy (non-hydrogen) atoms. The Morgan fingerprint density at radius 1 is 1.44 bits per heavy atom. The molecule has 5 nitrogen and oxygen atoms in total. The fourth-order valence-electron chi connectivity index (χ4n) is 1.23. The van der Waals surface area contributed by atoms with Gasteiger partial charge in [-0.25, -0.2) is 9.67 Å². The Hall–Kier alpha value is -1.56. The fourth-order valence-corrected chi connectivity index (χ4v) is 1.61. The van der Waals surface area contributed by atoms with Crippen molar-refractivity contribution in [3.63, 3.8) is 0 Å². The standard InChI is InChI=1S/C10H11BrN4O/c11-8-2-1-3-9(6-8)16-5-4-15-7-13-10(12)14-15/h1-3,6-7H,4-5H2,(H2,12,14). The first-order valence-corrected chi connectivity index (χ1v) is 5.56. The van der Waals surface area contributed by atoms with Crippen LogP contribution in [0.4, 0.5) is 5.95 Å². The van der Waals surface area contributed by atoms with Crippen LogP contribution in [0.15, 0.2) is 35.1 Å². The molecule has 0 amide bonds. The van der Waals surface area contributed by atoms with E-state index in [1.807, 2.05) is 24.3 Å².